The molecule has 2 aliphatic rings. The molecule has 3 rings (SSSR count). The van der Waals surface area contributed by atoms with Crippen LogP contribution in [0.1, 0.15) is 44.1 Å². The first-order valence-electron chi connectivity index (χ1n) is 6.91. The van der Waals surface area contributed by atoms with Crippen molar-refractivity contribution < 1.29 is 9.59 Å². The van der Waals surface area contributed by atoms with Gasteiger partial charge in [0, 0.05) is 25.2 Å². The second-order valence-electron chi connectivity index (χ2n) is 5.79. The van der Waals surface area contributed by atoms with Crippen molar-refractivity contribution in [2.75, 3.05) is 0 Å². The number of rotatable bonds is 2. The van der Waals surface area contributed by atoms with Gasteiger partial charge in [-0.25, -0.2) is 0 Å². The number of piperidine rings is 1. The van der Waals surface area contributed by atoms with Gasteiger partial charge in [-0.1, -0.05) is 12.8 Å². The van der Waals surface area contributed by atoms with Crippen molar-refractivity contribution in [1.29, 1.82) is 0 Å². The minimum absolute atomic E-state index is 0.00466. The van der Waals surface area contributed by atoms with E-state index in [1.165, 1.54) is 4.90 Å². The number of carbonyl (C=O) groups is 2. The first-order chi connectivity index (χ1) is 9.19. The summed E-state index contributed by atoms with van der Waals surface area (Å²) in [5, 5.41) is 0. The zero-order chi connectivity index (χ0) is 13.3. The van der Waals surface area contributed by atoms with Gasteiger partial charge in [0.15, 0.2) is 0 Å². The highest BCUT2D eigenvalue weighted by Crippen LogP contribution is 2.47. The molecule has 100 valence electrons. The first kappa shape index (κ1) is 12.3. The lowest BCUT2D eigenvalue weighted by atomic mass is 9.76. The molecule has 0 bridgehead atoms. The van der Waals surface area contributed by atoms with Crippen molar-refractivity contribution in [3.63, 3.8) is 0 Å². The van der Waals surface area contributed by atoms with E-state index in [0.717, 1.165) is 31.2 Å². The maximum Gasteiger partial charge on any atom is 0.230 e. The molecule has 1 aromatic heterocycles. The molecule has 1 aliphatic carbocycles. The Bertz CT molecular complexity index is 472. The zero-order valence-electron chi connectivity index (χ0n) is 11.0. The van der Waals surface area contributed by atoms with Crippen LogP contribution in [-0.2, 0) is 16.1 Å². The molecule has 0 N–H and O–H groups in total. The molecule has 4 heteroatoms. The van der Waals surface area contributed by atoms with Crippen LogP contribution in [0.2, 0.25) is 0 Å². The molecule has 0 atom stereocenters. The van der Waals surface area contributed by atoms with Crippen LogP contribution in [0.4, 0.5) is 0 Å². The van der Waals surface area contributed by atoms with E-state index < -0.39 is 0 Å². The standard InChI is InChI=1S/C15H18N2O2/c18-13-9-15(5-1-2-6-15)10-14(19)17(13)11-12-3-7-16-8-4-12/h3-4,7-8H,1-2,5-6,9-11H2. The van der Waals surface area contributed by atoms with Crippen LogP contribution in [0.5, 0.6) is 0 Å². The molecule has 0 radical (unpaired) electrons. The third-order valence-electron chi connectivity index (χ3n) is 4.41. The van der Waals surface area contributed by atoms with E-state index in [0.29, 0.717) is 19.4 Å². The molecule has 2 heterocycles. The molecular formula is C15H18N2O2. The molecule has 0 unspecified atom stereocenters. The van der Waals surface area contributed by atoms with Crippen molar-refractivity contribution in [3.8, 4) is 0 Å². The average Bonchev–Trinajstić information content (AvgIpc) is 2.83. The minimum atomic E-state index is -0.0110. The molecule has 1 spiro atoms. The molecule has 2 fully saturated rings. The summed E-state index contributed by atoms with van der Waals surface area (Å²) < 4.78 is 0. The van der Waals surface area contributed by atoms with E-state index >= 15 is 0 Å². The average molecular weight is 258 g/mol. The van der Waals surface area contributed by atoms with E-state index in [1.807, 2.05) is 12.1 Å². The molecule has 0 aromatic carbocycles. The van der Waals surface area contributed by atoms with Crippen molar-refractivity contribution in [3.05, 3.63) is 30.1 Å². The summed E-state index contributed by atoms with van der Waals surface area (Å²) in [7, 11) is 0. The molecule has 4 nitrogen and oxygen atoms in total. The highest BCUT2D eigenvalue weighted by molar-refractivity contribution is 5.98. The maximum absolute atomic E-state index is 12.3. The highest BCUT2D eigenvalue weighted by atomic mass is 16.2. The number of hydrogen-bond acceptors (Lipinski definition) is 3. The smallest absolute Gasteiger partial charge is 0.230 e. The second-order valence-corrected chi connectivity index (χ2v) is 5.79. The molecule has 2 amide bonds. The Kier molecular flexibility index (Phi) is 3.09. The number of likely N-dealkylation sites (tertiary alicyclic amines) is 1. The van der Waals surface area contributed by atoms with Crippen LogP contribution in [0.25, 0.3) is 0 Å². The number of nitrogens with zero attached hydrogens (tertiary/aromatic N) is 2. The van der Waals surface area contributed by atoms with Crippen LogP contribution >= 0.6 is 0 Å². The summed E-state index contributed by atoms with van der Waals surface area (Å²) in [5.41, 5.74) is 0.946. The van der Waals surface area contributed by atoms with Crippen LogP contribution < -0.4 is 0 Å². The Balaban J connectivity index is 1.74. The first-order valence-corrected chi connectivity index (χ1v) is 6.91. The van der Waals surface area contributed by atoms with E-state index in [-0.39, 0.29) is 17.2 Å². The van der Waals surface area contributed by atoms with E-state index in [1.54, 1.807) is 12.4 Å². The van der Waals surface area contributed by atoms with Gasteiger partial charge in [0.05, 0.1) is 6.54 Å². The summed E-state index contributed by atoms with van der Waals surface area (Å²) >= 11 is 0. The van der Waals surface area contributed by atoms with Gasteiger partial charge in [0.2, 0.25) is 11.8 Å². The lowest BCUT2D eigenvalue weighted by molar-refractivity contribution is -0.154. The summed E-state index contributed by atoms with van der Waals surface area (Å²) in [5.74, 6) is -0.00933. The second kappa shape index (κ2) is 4.76. The number of amides is 2. The van der Waals surface area contributed by atoms with Gasteiger partial charge in [-0.15, -0.1) is 0 Å². The van der Waals surface area contributed by atoms with Crippen LogP contribution in [-0.4, -0.2) is 21.7 Å². The molecule has 1 aliphatic heterocycles. The van der Waals surface area contributed by atoms with Gasteiger partial charge in [0.25, 0.3) is 0 Å². The summed E-state index contributed by atoms with van der Waals surface area (Å²) in [6.45, 7) is 0.385. The Morgan fingerprint density at radius 1 is 1.05 bits per heavy atom. The molecule has 1 saturated carbocycles. The van der Waals surface area contributed by atoms with Gasteiger partial charge < -0.3 is 0 Å². The van der Waals surface area contributed by atoms with Crippen LogP contribution in [0, 0.1) is 5.41 Å². The van der Waals surface area contributed by atoms with E-state index in [9.17, 15) is 9.59 Å². The number of hydrogen-bond donors (Lipinski definition) is 0. The summed E-state index contributed by atoms with van der Waals surface area (Å²) in [4.78, 5) is 29.9. The molecule has 1 aromatic rings. The Hall–Kier alpha value is -1.71. The Morgan fingerprint density at radius 3 is 2.21 bits per heavy atom. The lowest BCUT2D eigenvalue weighted by Crippen LogP contribution is -2.46. The fourth-order valence-electron chi connectivity index (χ4n) is 3.36. The maximum atomic E-state index is 12.3. The zero-order valence-corrected chi connectivity index (χ0v) is 11.0. The fourth-order valence-corrected chi connectivity index (χ4v) is 3.36. The third-order valence-corrected chi connectivity index (χ3v) is 4.41. The predicted octanol–water partition coefficient (Wildman–Crippen LogP) is 2.29. The normalized spacial score (nSPS) is 22.2. The Labute approximate surface area is 112 Å². The Morgan fingerprint density at radius 2 is 1.63 bits per heavy atom. The van der Waals surface area contributed by atoms with E-state index in [2.05, 4.69) is 4.98 Å². The summed E-state index contributed by atoms with van der Waals surface area (Å²) in [6, 6.07) is 3.70. The predicted molar refractivity (Wildman–Crippen MR) is 69.9 cm³/mol. The van der Waals surface area contributed by atoms with Crippen molar-refractivity contribution in [1.82, 2.24) is 9.88 Å². The quantitative estimate of drug-likeness (QED) is 0.765. The van der Waals surface area contributed by atoms with Gasteiger partial charge >= 0.3 is 0 Å². The number of imide groups is 1. The number of pyridine rings is 1. The van der Waals surface area contributed by atoms with Gasteiger partial charge in [-0.2, -0.15) is 0 Å². The third kappa shape index (κ3) is 2.39. The van der Waals surface area contributed by atoms with Crippen molar-refractivity contribution in [2.24, 2.45) is 5.41 Å². The van der Waals surface area contributed by atoms with Crippen molar-refractivity contribution >= 4 is 11.8 Å². The number of aromatic nitrogens is 1. The molecule has 1 saturated heterocycles. The summed E-state index contributed by atoms with van der Waals surface area (Å²) in [6.07, 6.45) is 8.85. The molecular weight excluding hydrogens is 240 g/mol. The van der Waals surface area contributed by atoms with Gasteiger partial charge in [0.1, 0.15) is 0 Å². The minimum Gasteiger partial charge on any atom is -0.278 e. The largest absolute Gasteiger partial charge is 0.278 e. The van der Waals surface area contributed by atoms with Gasteiger partial charge in [-0.3, -0.25) is 19.5 Å². The fraction of sp³-hybridized carbons (Fsp3) is 0.533. The van der Waals surface area contributed by atoms with Crippen molar-refractivity contribution in [2.45, 2.75) is 45.1 Å². The van der Waals surface area contributed by atoms with Crippen LogP contribution in [0.3, 0.4) is 0 Å². The monoisotopic (exact) mass is 258 g/mol. The topological polar surface area (TPSA) is 50.3 Å². The SMILES string of the molecule is O=C1CC2(CCCC2)CC(=O)N1Cc1ccncc1. The number of carbonyl (C=O) groups excluding carboxylic acids is 2. The lowest BCUT2D eigenvalue weighted by Gasteiger charge is -2.37. The van der Waals surface area contributed by atoms with Gasteiger partial charge in [-0.05, 0) is 36.0 Å². The van der Waals surface area contributed by atoms with Crippen LogP contribution in [0.15, 0.2) is 24.5 Å². The highest BCUT2D eigenvalue weighted by Gasteiger charge is 2.44. The van der Waals surface area contributed by atoms with E-state index in [4.69, 9.17) is 0 Å². The molecule has 19 heavy (non-hydrogen) atoms.